The number of aromatic nitrogens is 3. The molecule has 0 amide bonds. The second-order valence-corrected chi connectivity index (χ2v) is 4.44. The first kappa shape index (κ1) is 9.78. The maximum Gasteiger partial charge on any atom is 0.233 e. The van der Waals surface area contributed by atoms with Gasteiger partial charge in [0.1, 0.15) is 0 Å². The molecule has 0 unspecified atom stereocenters. The zero-order chi connectivity index (χ0) is 10.8. The molecule has 0 spiro atoms. The van der Waals surface area contributed by atoms with Gasteiger partial charge in [0.15, 0.2) is 0 Å². The van der Waals surface area contributed by atoms with E-state index in [1.165, 1.54) is 18.5 Å². The SMILES string of the molecule is c1cnc2ncc(CC3CCNCC3)n2c1. The molecule has 4 heteroatoms. The molecule has 0 radical (unpaired) electrons. The van der Waals surface area contributed by atoms with Crippen LogP contribution in [0.5, 0.6) is 0 Å². The lowest BCUT2D eigenvalue weighted by Crippen LogP contribution is -2.28. The lowest BCUT2D eigenvalue weighted by atomic mass is 9.93. The van der Waals surface area contributed by atoms with Crippen molar-refractivity contribution in [2.24, 2.45) is 5.92 Å². The van der Waals surface area contributed by atoms with Crippen molar-refractivity contribution in [2.75, 3.05) is 13.1 Å². The Morgan fingerprint density at radius 1 is 1.31 bits per heavy atom. The van der Waals surface area contributed by atoms with Gasteiger partial charge < -0.3 is 5.32 Å². The van der Waals surface area contributed by atoms with Crippen LogP contribution in [0, 0.1) is 5.92 Å². The van der Waals surface area contributed by atoms with Crippen LogP contribution in [0.3, 0.4) is 0 Å². The number of rotatable bonds is 2. The molecule has 0 atom stereocenters. The lowest BCUT2D eigenvalue weighted by Gasteiger charge is -2.22. The molecule has 0 bridgehead atoms. The predicted molar refractivity (Wildman–Crippen MR) is 62.3 cm³/mol. The van der Waals surface area contributed by atoms with Gasteiger partial charge in [-0.15, -0.1) is 0 Å². The fourth-order valence-corrected chi connectivity index (χ4v) is 2.41. The van der Waals surface area contributed by atoms with E-state index in [9.17, 15) is 0 Å². The van der Waals surface area contributed by atoms with Gasteiger partial charge in [-0.2, -0.15) is 0 Å². The number of nitrogens with one attached hydrogen (secondary N) is 1. The Labute approximate surface area is 94.7 Å². The maximum atomic E-state index is 4.32. The number of hydrogen-bond acceptors (Lipinski definition) is 3. The molecule has 2 aromatic heterocycles. The second kappa shape index (κ2) is 4.22. The van der Waals surface area contributed by atoms with Crippen LogP contribution in [0.15, 0.2) is 24.7 Å². The highest BCUT2D eigenvalue weighted by molar-refractivity contribution is 5.30. The normalized spacial score (nSPS) is 18.0. The summed E-state index contributed by atoms with van der Waals surface area (Å²) in [6, 6.07) is 1.96. The van der Waals surface area contributed by atoms with E-state index in [1.54, 1.807) is 6.20 Å². The van der Waals surface area contributed by atoms with Crippen LogP contribution in [-0.2, 0) is 6.42 Å². The molecule has 1 aliphatic rings. The molecule has 1 aliphatic heterocycles. The van der Waals surface area contributed by atoms with Gasteiger partial charge in [0.05, 0.1) is 6.20 Å². The smallest absolute Gasteiger partial charge is 0.233 e. The van der Waals surface area contributed by atoms with E-state index in [4.69, 9.17) is 0 Å². The van der Waals surface area contributed by atoms with Gasteiger partial charge >= 0.3 is 0 Å². The number of piperidine rings is 1. The lowest BCUT2D eigenvalue weighted by molar-refractivity contribution is 0.369. The topological polar surface area (TPSA) is 42.2 Å². The van der Waals surface area contributed by atoms with Crippen LogP contribution in [0.25, 0.3) is 5.78 Å². The Hall–Kier alpha value is -1.42. The average Bonchev–Trinajstić information content (AvgIpc) is 2.74. The molecular weight excluding hydrogens is 200 g/mol. The molecule has 16 heavy (non-hydrogen) atoms. The first-order chi connectivity index (χ1) is 7.93. The number of fused-ring (bicyclic) bond motifs is 1. The zero-order valence-corrected chi connectivity index (χ0v) is 9.26. The third-order valence-electron chi connectivity index (χ3n) is 3.32. The third kappa shape index (κ3) is 1.80. The van der Waals surface area contributed by atoms with Crippen molar-refractivity contribution >= 4 is 5.78 Å². The van der Waals surface area contributed by atoms with Crippen LogP contribution in [0.1, 0.15) is 18.5 Å². The van der Waals surface area contributed by atoms with Crippen LogP contribution in [0.4, 0.5) is 0 Å². The molecule has 1 N–H and O–H groups in total. The number of nitrogens with zero attached hydrogens (tertiary/aromatic N) is 3. The van der Waals surface area contributed by atoms with E-state index in [-0.39, 0.29) is 0 Å². The Morgan fingerprint density at radius 3 is 3.06 bits per heavy atom. The van der Waals surface area contributed by atoms with Crippen LogP contribution in [0.2, 0.25) is 0 Å². The second-order valence-electron chi connectivity index (χ2n) is 4.44. The maximum absolute atomic E-state index is 4.32. The molecule has 1 saturated heterocycles. The van der Waals surface area contributed by atoms with Gasteiger partial charge in [0, 0.05) is 18.1 Å². The Bertz CT molecular complexity index is 471. The summed E-state index contributed by atoms with van der Waals surface area (Å²) in [4.78, 5) is 8.55. The summed E-state index contributed by atoms with van der Waals surface area (Å²) in [6.07, 6.45) is 9.46. The minimum absolute atomic E-state index is 0.793. The molecule has 0 aliphatic carbocycles. The van der Waals surface area contributed by atoms with Crippen molar-refractivity contribution in [2.45, 2.75) is 19.3 Å². The first-order valence-electron chi connectivity index (χ1n) is 5.91. The van der Waals surface area contributed by atoms with E-state index in [2.05, 4.69) is 19.7 Å². The number of imidazole rings is 1. The van der Waals surface area contributed by atoms with Gasteiger partial charge in [-0.25, -0.2) is 9.97 Å². The van der Waals surface area contributed by atoms with E-state index >= 15 is 0 Å². The molecule has 3 heterocycles. The fourth-order valence-electron chi connectivity index (χ4n) is 2.41. The molecule has 1 fully saturated rings. The third-order valence-corrected chi connectivity index (χ3v) is 3.32. The molecular formula is C12H16N4. The van der Waals surface area contributed by atoms with Crippen LogP contribution < -0.4 is 5.32 Å². The molecule has 3 rings (SSSR count). The Kier molecular flexibility index (Phi) is 2.58. The highest BCUT2D eigenvalue weighted by atomic mass is 15.1. The van der Waals surface area contributed by atoms with E-state index in [0.29, 0.717) is 0 Å². The molecule has 0 aromatic carbocycles. The minimum Gasteiger partial charge on any atom is -0.317 e. The standard InChI is InChI=1S/C12H16N4/c1-4-14-12-15-9-11(16(12)7-1)8-10-2-5-13-6-3-10/h1,4,7,9-10,13H,2-3,5-6,8H2. The summed E-state index contributed by atoms with van der Waals surface area (Å²) < 4.78 is 2.10. The predicted octanol–water partition coefficient (Wildman–Crippen LogP) is 1.27. The summed E-state index contributed by atoms with van der Waals surface area (Å²) in [5.41, 5.74) is 1.29. The summed E-state index contributed by atoms with van der Waals surface area (Å²) in [5, 5.41) is 3.40. The summed E-state index contributed by atoms with van der Waals surface area (Å²) in [5.74, 6) is 1.60. The van der Waals surface area contributed by atoms with Gasteiger partial charge in [0.2, 0.25) is 5.78 Å². The van der Waals surface area contributed by atoms with E-state index in [1.807, 2.05) is 18.5 Å². The van der Waals surface area contributed by atoms with Gasteiger partial charge in [-0.3, -0.25) is 4.40 Å². The molecule has 84 valence electrons. The van der Waals surface area contributed by atoms with Gasteiger partial charge in [0.25, 0.3) is 0 Å². The first-order valence-corrected chi connectivity index (χ1v) is 5.91. The highest BCUT2D eigenvalue weighted by Crippen LogP contribution is 2.18. The van der Waals surface area contributed by atoms with Crippen molar-refractivity contribution < 1.29 is 0 Å². The Balaban J connectivity index is 1.83. The summed E-state index contributed by atoms with van der Waals surface area (Å²) in [6.45, 7) is 2.30. The van der Waals surface area contributed by atoms with Crippen molar-refractivity contribution in [3.05, 3.63) is 30.4 Å². The van der Waals surface area contributed by atoms with Crippen LogP contribution in [-0.4, -0.2) is 27.5 Å². The number of hydrogen-bond donors (Lipinski definition) is 1. The summed E-state index contributed by atoms with van der Waals surface area (Å²) in [7, 11) is 0. The highest BCUT2D eigenvalue weighted by Gasteiger charge is 2.15. The largest absolute Gasteiger partial charge is 0.317 e. The van der Waals surface area contributed by atoms with Crippen molar-refractivity contribution in [3.8, 4) is 0 Å². The molecule has 2 aromatic rings. The van der Waals surface area contributed by atoms with Crippen LogP contribution >= 0.6 is 0 Å². The van der Waals surface area contributed by atoms with Gasteiger partial charge in [-0.1, -0.05) is 0 Å². The Morgan fingerprint density at radius 2 is 2.19 bits per heavy atom. The quantitative estimate of drug-likeness (QED) is 0.822. The monoisotopic (exact) mass is 216 g/mol. The van der Waals surface area contributed by atoms with E-state index in [0.717, 1.165) is 31.2 Å². The van der Waals surface area contributed by atoms with Crippen molar-refractivity contribution in [1.82, 2.24) is 19.7 Å². The van der Waals surface area contributed by atoms with Crippen molar-refractivity contribution in [1.29, 1.82) is 0 Å². The minimum atomic E-state index is 0.793. The average molecular weight is 216 g/mol. The zero-order valence-electron chi connectivity index (χ0n) is 9.26. The van der Waals surface area contributed by atoms with Gasteiger partial charge in [-0.05, 0) is 44.3 Å². The molecule has 0 saturated carbocycles. The fraction of sp³-hybridized carbons (Fsp3) is 0.500. The van der Waals surface area contributed by atoms with E-state index < -0.39 is 0 Å². The van der Waals surface area contributed by atoms with Crippen molar-refractivity contribution in [3.63, 3.8) is 0 Å². The summed E-state index contributed by atoms with van der Waals surface area (Å²) >= 11 is 0. The molecule has 4 nitrogen and oxygen atoms in total.